The third-order valence-corrected chi connectivity index (χ3v) is 8.76. The van der Waals surface area contributed by atoms with Crippen LogP contribution < -0.4 is 10.1 Å². The van der Waals surface area contributed by atoms with E-state index in [1.807, 2.05) is 42.5 Å². The van der Waals surface area contributed by atoms with E-state index in [0.717, 1.165) is 79.4 Å². The average Bonchev–Trinajstić information content (AvgIpc) is 3.17. The number of esters is 1. The molecule has 290 valence electrons. The van der Waals surface area contributed by atoms with Crippen molar-refractivity contribution in [3.8, 4) is 17.0 Å². The molecule has 0 radical (unpaired) electrons. The highest BCUT2D eigenvalue weighted by molar-refractivity contribution is 5.70. The zero-order valence-electron chi connectivity index (χ0n) is 31.3. The normalized spacial score (nSPS) is 13.0. The number of nitrogens with one attached hydrogen (secondary N) is 1. The molecule has 4 rings (SSSR count). The van der Waals surface area contributed by atoms with Crippen LogP contribution in [0.15, 0.2) is 54.6 Å². The number of unbranched alkanes of at least 4 members (excludes halogenated alkanes) is 1. The van der Waals surface area contributed by atoms with Gasteiger partial charge in [-0.25, -0.2) is 4.98 Å². The summed E-state index contributed by atoms with van der Waals surface area (Å²) in [6.07, 6.45) is 5.53. The lowest BCUT2D eigenvalue weighted by Gasteiger charge is -2.23. The third kappa shape index (κ3) is 16.2. The molecule has 0 saturated heterocycles. The molecule has 3 heterocycles. The first-order valence-corrected chi connectivity index (χ1v) is 18.6. The number of likely N-dealkylation sites (N-methyl/N-ethyl adjacent to an activating group) is 1. The summed E-state index contributed by atoms with van der Waals surface area (Å²) in [4.78, 5) is 34.9. The minimum atomic E-state index is -0.878. The summed E-state index contributed by atoms with van der Waals surface area (Å²) in [6, 6.07) is 18.1. The Balaban J connectivity index is 1.13. The summed E-state index contributed by atoms with van der Waals surface area (Å²) in [6.45, 7) is 6.13. The average molecular weight is 737 g/mol. The summed E-state index contributed by atoms with van der Waals surface area (Å²) in [5.74, 6) is 0.550. The number of pyridine rings is 2. The van der Waals surface area contributed by atoms with Crippen molar-refractivity contribution in [3.05, 3.63) is 71.5 Å². The quantitative estimate of drug-likeness (QED) is 0.0797. The molecule has 0 aliphatic carbocycles. The topological polar surface area (TPSA) is 151 Å². The van der Waals surface area contributed by atoms with E-state index in [2.05, 4.69) is 29.4 Å². The monoisotopic (exact) mass is 736 g/mol. The first-order chi connectivity index (χ1) is 25.9. The second kappa shape index (κ2) is 24.2. The van der Waals surface area contributed by atoms with Crippen LogP contribution in [-0.4, -0.2) is 125 Å². The largest absolute Gasteiger partial charge is 0.491 e. The van der Waals surface area contributed by atoms with Crippen LogP contribution in [0.25, 0.3) is 11.3 Å². The SMILES string of the molecule is COC(=O)C[C@H](CN(C)CCCCc1ccc2c(n1)NCCC2)c1cccc(-c2ccc(OCCOCCOCCOCCOCCC(=O)O)cc2)n1. The molecule has 3 aromatic rings. The van der Waals surface area contributed by atoms with Crippen molar-refractivity contribution in [2.45, 2.75) is 50.9 Å². The Morgan fingerprint density at radius 1 is 0.849 bits per heavy atom. The van der Waals surface area contributed by atoms with Gasteiger partial charge in [0.2, 0.25) is 0 Å². The van der Waals surface area contributed by atoms with Crippen molar-refractivity contribution in [2.24, 2.45) is 0 Å². The van der Waals surface area contributed by atoms with E-state index in [1.54, 1.807) is 0 Å². The maximum absolute atomic E-state index is 12.4. The lowest BCUT2D eigenvalue weighted by molar-refractivity contribution is -0.141. The Labute approximate surface area is 313 Å². The van der Waals surface area contributed by atoms with Gasteiger partial charge in [0.25, 0.3) is 0 Å². The van der Waals surface area contributed by atoms with Gasteiger partial charge >= 0.3 is 11.9 Å². The number of aliphatic carboxylic acids is 1. The number of hydrogen-bond acceptors (Lipinski definition) is 12. The molecule has 2 aromatic heterocycles. The number of aromatic nitrogens is 2. The summed E-state index contributed by atoms with van der Waals surface area (Å²) in [5.41, 5.74) is 5.09. The lowest BCUT2D eigenvalue weighted by atomic mass is 9.98. The van der Waals surface area contributed by atoms with Gasteiger partial charge in [-0.3, -0.25) is 14.6 Å². The van der Waals surface area contributed by atoms with Crippen LogP contribution in [0.3, 0.4) is 0 Å². The smallest absolute Gasteiger partial charge is 0.306 e. The summed E-state index contributed by atoms with van der Waals surface area (Å²) in [7, 11) is 3.52. The Hall–Kier alpha value is -4.14. The predicted octanol–water partition coefficient (Wildman–Crippen LogP) is 5.02. The molecular formula is C40H56N4O9. The van der Waals surface area contributed by atoms with Crippen LogP contribution in [0.2, 0.25) is 0 Å². The molecule has 2 N–H and O–H groups in total. The number of rotatable bonds is 27. The van der Waals surface area contributed by atoms with Gasteiger partial charge in [-0.2, -0.15) is 0 Å². The first kappa shape index (κ1) is 41.6. The van der Waals surface area contributed by atoms with E-state index in [9.17, 15) is 9.59 Å². The number of hydrogen-bond donors (Lipinski definition) is 2. The Morgan fingerprint density at radius 2 is 1.55 bits per heavy atom. The fourth-order valence-electron chi connectivity index (χ4n) is 5.91. The number of carboxylic acids is 1. The molecule has 1 aliphatic rings. The number of anilines is 1. The van der Waals surface area contributed by atoms with Crippen molar-refractivity contribution in [1.82, 2.24) is 14.9 Å². The van der Waals surface area contributed by atoms with Crippen LogP contribution >= 0.6 is 0 Å². The third-order valence-electron chi connectivity index (χ3n) is 8.76. The molecule has 1 aromatic carbocycles. The summed E-state index contributed by atoms with van der Waals surface area (Å²) >= 11 is 0. The van der Waals surface area contributed by atoms with Crippen LogP contribution in [0, 0.1) is 0 Å². The number of nitrogens with zero attached hydrogens (tertiary/aromatic N) is 3. The van der Waals surface area contributed by atoms with E-state index in [1.165, 1.54) is 12.7 Å². The van der Waals surface area contributed by atoms with Crippen LogP contribution in [0.4, 0.5) is 5.82 Å². The van der Waals surface area contributed by atoms with Gasteiger partial charge < -0.3 is 43.7 Å². The lowest BCUT2D eigenvalue weighted by Crippen LogP contribution is -2.28. The molecule has 0 saturated carbocycles. The Bertz CT molecular complexity index is 1510. The summed E-state index contributed by atoms with van der Waals surface area (Å²) in [5, 5.41) is 12.0. The zero-order chi connectivity index (χ0) is 37.5. The number of methoxy groups -OCH3 is 1. The van der Waals surface area contributed by atoms with Gasteiger partial charge in [-0.05, 0) is 93.7 Å². The predicted molar refractivity (Wildman–Crippen MR) is 202 cm³/mol. The zero-order valence-corrected chi connectivity index (χ0v) is 31.3. The fraction of sp³-hybridized carbons (Fsp3) is 0.550. The highest BCUT2D eigenvalue weighted by atomic mass is 16.6. The standard InChI is InChI=1S/C40H56N4O9/c1-44(19-4-3-8-34-14-11-32-7-6-18-41-40(32)42-34)30-33(29-39(47)48-2)37-10-5-9-36(43-37)31-12-15-35(16-13-31)53-28-27-52-26-25-51-24-23-50-22-21-49-20-17-38(45)46/h5,9-16,33H,3-4,6-8,17-30H2,1-2H3,(H,41,42)(H,45,46)/t33-/m1/s1. The molecule has 1 aliphatic heterocycles. The van der Waals surface area contributed by atoms with E-state index < -0.39 is 5.97 Å². The first-order valence-electron chi connectivity index (χ1n) is 18.6. The molecule has 0 unspecified atom stereocenters. The molecule has 0 bridgehead atoms. The fourth-order valence-corrected chi connectivity index (χ4v) is 5.91. The maximum Gasteiger partial charge on any atom is 0.306 e. The molecule has 53 heavy (non-hydrogen) atoms. The van der Waals surface area contributed by atoms with Gasteiger partial charge in [0.05, 0.1) is 78.5 Å². The molecule has 0 spiro atoms. The van der Waals surface area contributed by atoms with E-state index in [4.69, 9.17) is 43.5 Å². The van der Waals surface area contributed by atoms with Crippen molar-refractivity contribution < 1.29 is 43.1 Å². The molecule has 0 fully saturated rings. The van der Waals surface area contributed by atoms with Crippen LogP contribution in [0.5, 0.6) is 5.75 Å². The minimum absolute atomic E-state index is 0.0102. The van der Waals surface area contributed by atoms with E-state index in [0.29, 0.717) is 59.4 Å². The minimum Gasteiger partial charge on any atom is -0.491 e. The number of aryl methyl sites for hydroxylation is 2. The number of benzene rings is 1. The van der Waals surface area contributed by atoms with Gasteiger partial charge in [-0.15, -0.1) is 0 Å². The highest BCUT2D eigenvalue weighted by Gasteiger charge is 2.21. The van der Waals surface area contributed by atoms with Crippen molar-refractivity contribution in [1.29, 1.82) is 0 Å². The van der Waals surface area contributed by atoms with Crippen LogP contribution in [-0.2, 0) is 46.1 Å². The van der Waals surface area contributed by atoms with E-state index >= 15 is 0 Å². The number of ether oxygens (including phenoxy) is 6. The van der Waals surface area contributed by atoms with Gasteiger partial charge in [0.1, 0.15) is 18.2 Å². The summed E-state index contributed by atoms with van der Waals surface area (Å²) < 4.78 is 32.5. The molecule has 0 amide bonds. The Kier molecular flexibility index (Phi) is 19.0. The van der Waals surface area contributed by atoms with Crippen molar-refractivity contribution >= 4 is 17.8 Å². The molecule has 13 nitrogen and oxygen atoms in total. The number of fused-ring (bicyclic) bond motifs is 1. The van der Waals surface area contributed by atoms with Crippen LogP contribution in [0.1, 0.15) is 55.0 Å². The van der Waals surface area contributed by atoms with Gasteiger partial charge in [-0.1, -0.05) is 12.1 Å². The van der Waals surface area contributed by atoms with Crippen molar-refractivity contribution in [3.63, 3.8) is 0 Å². The number of carboxylic acid groups (broad SMARTS) is 1. The second-order valence-corrected chi connectivity index (χ2v) is 13.0. The van der Waals surface area contributed by atoms with Crippen molar-refractivity contribution in [2.75, 3.05) is 98.6 Å². The van der Waals surface area contributed by atoms with Gasteiger partial charge in [0, 0.05) is 36.0 Å². The molecule has 13 heteroatoms. The number of carbonyl (C=O) groups excluding carboxylic acids is 1. The Morgan fingerprint density at radius 3 is 2.25 bits per heavy atom. The second-order valence-electron chi connectivity index (χ2n) is 13.0. The number of carbonyl (C=O) groups is 2. The molecule has 1 atom stereocenters. The molecular weight excluding hydrogens is 680 g/mol. The van der Waals surface area contributed by atoms with Gasteiger partial charge in [0.15, 0.2) is 0 Å². The highest BCUT2D eigenvalue weighted by Crippen LogP contribution is 2.26. The van der Waals surface area contributed by atoms with E-state index in [-0.39, 0.29) is 31.3 Å². The maximum atomic E-state index is 12.4.